The monoisotopic (exact) mass is 237 g/mol. The molecule has 0 aromatic carbocycles. The maximum Gasteiger partial charge on any atom is 0.320 e. The predicted octanol–water partition coefficient (Wildman–Crippen LogP) is 1.45. The third-order valence-corrected chi connectivity index (χ3v) is 3.47. The molecule has 1 fully saturated rings. The van der Waals surface area contributed by atoms with Gasteiger partial charge in [0.25, 0.3) is 0 Å². The molecule has 94 valence electrons. The van der Waals surface area contributed by atoms with Crippen LogP contribution in [0.4, 0.5) is 0 Å². The highest BCUT2D eigenvalue weighted by Gasteiger charge is 2.30. The van der Waals surface area contributed by atoms with Crippen LogP contribution in [-0.4, -0.2) is 45.1 Å². The average molecular weight is 237 g/mol. The lowest BCUT2D eigenvalue weighted by atomic mass is 9.95. The zero-order valence-corrected chi connectivity index (χ0v) is 10.1. The number of rotatable bonds is 4. The summed E-state index contributed by atoms with van der Waals surface area (Å²) in [4.78, 5) is 20.6. The fraction of sp³-hybridized carbons (Fsp3) is 0.667. The van der Waals surface area contributed by atoms with Crippen LogP contribution >= 0.6 is 0 Å². The topological polar surface area (TPSA) is 69.2 Å². The molecule has 1 aliphatic heterocycles. The lowest BCUT2D eigenvalue weighted by molar-refractivity contribution is -0.144. The van der Waals surface area contributed by atoms with Crippen molar-refractivity contribution < 1.29 is 9.90 Å². The van der Waals surface area contributed by atoms with Crippen molar-refractivity contribution in [2.45, 2.75) is 38.1 Å². The number of aromatic amines is 1. The molecule has 0 amide bonds. The van der Waals surface area contributed by atoms with Gasteiger partial charge in [-0.05, 0) is 25.8 Å². The second-order valence-electron chi connectivity index (χ2n) is 4.57. The number of nitrogens with one attached hydrogen (secondary N) is 1. The summed E-state index contributed by atoms with van der Waals surface area (Å²) in [5, 5.41) is 9.18. The third-order valence-electron chi connectivity index (χ3n) is 3.47. The van der Waals surface area contributed by atoms with E-state index in [0.717, 1.165) is 31.8 Å². The van der Waals surface area contributed by atoms with E-state index in [-0.39, 0.29) is 6.04 Å². The number of carboxylic acid groups (broad SMARTS) is 1. The van der Waals surface area contributed by atoms with Crippen molar-refractivity contribution in [1.29, 1.82) is 0 Å². The molecule has 5 heteroatoms. The lowest BCUT2D eigenvalue weighted by Crippen LogP contribution is -2.46. The summed E-state index contributed by atoms with van der Waals surface area (Å²) in [6.07, 6.45) is 6.35. The normalized spacial score (nSPS) is 23.5. The van der Waals surface area contributed by atoms with Crippen LogP contribution in [0.1, 0.15) is 37.9 Å². The van der Waals surface area contributed by atoms with E-state index in [1.54, 1.807) is 6.20 Å². The van der Waals surface area contributed by atoms with Gasteiger partial charge in [-0.15, -0.1) is 0 Å². The quantitative estimate of drug-likeness (QED) is 0.831. The minimum atomic E-state index is -0.715. The minimum absolute atomic E-state index is 0.340. The van der Waals surface area contributed by atoms with E-state index in [2.05, 4.69) is 14.9 Å². The van der Waals surface area contributed by atoms with E-state index in [1.807, 2.05) is 13.1 Å². The highest BCUT2D eigenvalue weighted by atomic mass is 16.4. The Balaban J connectivity index is 2.04. The highest BCUT2D eigenvalue weighted by Crippen LogP contribution is 2.26. The number of carboxylic acids is 1. The van der Waals surface area contributed by atoms with Gasteiger partial charge < -0.3 is 10.1 Å². The summed E-state index contributed by atoms with van der Waals surface area (Å²) < 4.78 is 0. The number of imidazole rings is 1. The Hall–Kier alpha value is -1.36. The van der Waals surface area contributed by atoms with E-state index in [9.17, 15) is 9.90 Å². The van der Waals surface area contributed by atoms with Crippen molar-refractivity contribution in [3.8, 4) is 0 Å². The van der Waals surface area contributed by atoms with Gasteiger partial charge in [0.05, 0.1) is 0 Å². The van der Waals surface area contributed by atoms with Crippen LogP contribution in [0.2, 0.25) is 0 Å². The molecule has 2 unspecified atom stereocenters. The van der Waals surface area contributed by atoms with Crippen molar-refractivity contribution in [1.82, 2.24) is 14.9 Å². The van der Waals surface area contributed by atoms with Gasteiger partial charge in [-0.2, -0.15) is 0 Å². The first kappa shape index (κ1) is 12.1. The number of hydrogen-bond donors (Lipinski definition) is 2. The summed E-state index contributed by atoms with van der Waals surface area (Å²) in [7, 11) is 0. The molecule has 1 saturated heterocycles. The second-order valence-corrected chi connectivity index (χ2v) is 4.57. The van der Waals surface area contributed by atoms with Gasteiger partial charge >= 0.3 is 5.97 Å². The molecule has 1 aliphatic rings. The molecule has 5 nitrogen and oxygen atoms in total. The number of aliphatic carboxylic acids is 1. The number of carbonyl (C=O) groups is 1. The van der Waals surface area contributed by atoms with Gasteiger partial charge in [-0.3, -0.25) is 9.69 Å². The summed E-state index contributed by atoms with van der Waals surface area (Å²) in [6.45, 7) is 3.59. The van der Waals surface area contributed by atoms with Gasteiger partial charge in [0.15, 0.2) is 0 Å². The van der Waals surface area contributed by atoms with Crippen molar-refractivity contribution >= 4 is 5.97 Å². The van der Waals surface area contributed by atoms with Gasteiger partial charge in [-0.1, -0.05) is 6.92 Å². The number of H-pyrrole nitrogens is 1. The minimum Gasteiger partial charge on any atom is -0.480 e. The molecule has 2 rings (SSSR count). The Kier molecular flexibility index (Phi) is 3.78. The zero-order valence-electron chi connectivity index (χ0n) is 10.1. The molecule has 0 aliphatic carbocycles. The molecule has 0 spiro atoms. The van der Waals surface area contributed by atoms with Crippen LogP contribution in [0, 0.1) is 0 Å². The summed E-state index contributed by atoms with van der Waals surface area (Å²) >= 11 is 0. The van der Waals surface area contributed by atoms with E-state index in [1.165, 1.54) is 0 Å². The molecule has 2 N–H and O–H groups in total. The van der Waals surface area contributed by atoms with Gasteiger partial charge in [0, 0.05) is 24.9 Å². The standard InChI is InChI=1S/C12H19N3O2/c1-2-10(12(16)17)15-7-3-4-9(8-15)11-13-5-6-14-11/h5-6,9-10H,2-4,7-8H2,1H3,(H,13,14)(H,16,17). The van der Waals surface area contributed by atoms with Crippen LogP contribution in [-0.2, 0) is 4.79 Å². The van der Waals surface area contributed by atoms with Crippen LogP contribution in [0.3, 0.4) is 0 Å². The molecule has 1 aromatic rings. The van der Waals surface area contributed by atoms with Gasteiger partial charge in [0.2, 0.25) is 0 Å². The number of likely N-dealkylation sites (tertiary alicyclic amines) is 1. The predicted molar refractivity (Wildman–Crippen MR) is 63.9 cm³/mol. The first-order valence-corrected chi connectivity index (χ1v) is 6.18. The van der Waals surface area contributed by atoms with E-state index in [0.29, 0.717) is 12.3 Å². The molecule has 0 bridgehead atoms. The zero-order chi connectivity index (χ0) is 12.3. The third kappa shape index (κ3) is 2.66. The maximum absolute atomic E-state index is 11.2. The number of nitrogens with zero attached hydrogens (tertiary/aromatic N) is 2. The van der Waals surface area contributed by atoms with Crippen molar-refractivity contribution in [2.75, 3.05) is 13.1 Å². The highest BCUT2D eigenvalue weighted by molar-refractivity contribution is 5.73. The lowest BCUT2D eigenvalue weighted by Gasteiger charge is -2.35. The Morgan fingerprint density at radius 2 is 2.59 bits per heavy atom. The first-order valence-electron chi connectivity index (χ1n) is 6.18. The largest absolute Gasteiger partial charge is 0.480 e. The van der Waals surface area contributed by atoms with Crippen LogP contribution in [0.15, 0.2) is 12.4 Å². The van der Waals surface area contributed by atoms with Crippen LogP contribution in [0.25, 0.3) is 0 Å². The van der Waals surface area contributed by atoms with E-state index in [4.69, 9.17) is 0 Å². The Labute approximate surface area is 101 Å². The molecule has 0 saturated carbocycles. The molecule has 0 radical (unpaired) electrons. The van der Waals surface area contributed by atoms with Crippen LogP contribution in [0.5, 0.6) is 0 Å². The maximum atomic E-state index is 11.2. The van der Waals surface area contributed by atoms with Crippen molar-refractivity contribution in [3.05, 3.63) is 18.2 Å². The SMILES string of the molecule is CCC(C(=O)O)N1CCCC(c2ncc[nH]2)C1. The summed E-state index contributed by atoms with van der Waals surface area (Å²) in [5.74, 6) is 0.606. The van der Waals surface area contributed by atoms with Gasteiger partial charge in [-0.25, -0.2) is 4.98 Å². The second kappa shape index (κ2) is 5.31. The molecule has 2 heterocycles. The summed E-state index contributed by atoms with van der Waals surface area (Å²) in [5.41, 5.74) is 0. The van der Waals surface area contributed by atoms with E-state index < -0.39 is 5.97 Å². The fourth-order valence-electron chi connectivity index (χ4n) is 2.60. The Bertz CT molecular complexity index is 364. The van der Waals surface area contributed by atoms with Gasteiger partial charge in [0.1, 0.15) is 11.9 Å². The van der Waals surface area contributed by atoms with E-state index >= 15 is 0 Å². The molecular formula is C12H19N3O2. The number of piperidine rings is 1. The number of aromatic nitrogens is 2. The Morgan fingerprint density at radius 1 is 1.76 bits per heavy atom. The first-order chi connectivity index (χ1) is 8.22. The van der Waals surface area contributed by atoms with Crippen molar-refractivity contribution in [3.63, 3.8) is 0 Å². The Morgan fingerprint density at radius 3 is 3.18 bits per heavy atom. The molecule has 1 aromatic heterocycles. The average Bonchev–Trinajstić information content (AvgIpc) is 2.83. The molecule has 17 heavy (non-hydrogen) atoms. The molecular weight excluding hydrogens is 218 g/mol. The smallest absolute Gasteiger partial charge is 0.320 e. The fourth-order valence-corrected chi connectivity index (χ4v) is 2.60. The number of hydrogen-bond acceptors (Lipinski definition) is 3. The summed E-state index contributed by atoms with van der Waals surface area (Å²) in [6, 6.07) is -0.354. The molecule has 2 atom stereocenters. The van der Waals surface area contributed by atoms with Crippen molar-refractivity contribution in [2.24, 2.45) is 0 Å². The van der Waals surface area contributed by atoms with Crippen LogP contribution < -0.4 is 0 Å².